The highest BCUT2D eigenvalue weighted by atomic mass is 16.5. The quantitative estimate of drug-likeness (QED) is 0.696. The SMILES string of the molecule is O=C(c1cnc2c(c1)ncn2C1CCOCC1)N1CCC(C(O)c2ccccn2)CC1. The summed E-state index contributed by atoms with van der Waals surface area (Å²) in [5.74, 6) is 0.0792. The standard InChI is InChI=1S/C23H27N5O3/c29-21(19-3-1-2-8-24-19)16-4-9-27(10-5-16)23(30)17-13-20-22(25-14-17)28(15-26-20)18-6-11-31-12-7-18/h1-3,8,13-16,18,21,29H,4-7,9-12H2. The number of nitrogens with zero attached hydrogens (tertiary/aromatic N) is 5. The smallest absolute Gasteiger partial charge is 0.255 e. The Labute approximate surface area is 180 Å². The molecule has 0 saturated carbocycles. The number of hydrogen-bond acceptors (Lipinski definition) is 6. The molecule has 1 N–H and O–H groups in total. The number of aromatic nitrogens is 4. The predicted octanol–water partition coefficient (Wildman–Crippen LogP) is 2.76. The van der Waals surface area contributed by atoms with E-state index < -0.39 is 6.10 Å². The predicted molar refractivity (Wildman–Crippen MR) is 114 cm³/mol. The van der Waals surface area contributed by atoms with Gasteiger partial charge in [-0.15, -0.1) is 0 Å². The number of likely N-dealkylation sites (tertiary alicyclic amines) is 1. The third-order valence-corrected chi connectivity index (χ3v) is 6.51. The molecular weight excluding hydrogens is 394 g/mol. The first-order chi connectivity index (χ1) is 15.2. The third kappa shape index (κ3) is 4.05. The highest BCUT2D eigenvalue weighted by Gasteiger charge is 2.29. The van der Waals surface area contributed by atoms with Crippen LogP contribution in [0, 0.1) is 5.92 Å². The highest BCUT2D eigenvalue weighted by Crippen LogP contribution is 2.30. The summed E-state index contributed by atoms with van der Waals surface area (Å²) < 4.78 is 7.56. The molecule has 0 aliphatic carbocycles. The van der Waals surface area contributed by atoms with Gasteiger partial charge >= 0.3 is 0 Å². The van der Waals surface area contributed by atoms with Crippen molar-refractivity contribution >= 4 is 17.1 Å². The van der Waals surface area contributed by atoms with E-state index in [1.165, 1.54) is 0 Å². The van der Waals surface area contributed by atoms with Gasteiger partial charge in [-0.3, -0.25) is 9.78 Å². The number of hydrogen-bond donors (Lipinski definition) is 1. The van der Waals surface area contributed by atoms with Gasteiger partial charge in [-0.1, -0.05) is 6.07 Å². The lowest BCUT2D eigenvalue weighted by molar-refractivity contribution is 0.0447. The van der Waals surface area contributed by atoms with Crippen LogP contribution in [0.15, 0.2) is 43.0 Å². The molecule has 31 heavy (non-hydrogen) atoms. The van der Waals surface area contributed by atoms with Crippen LogP contribution in [0.1, 0.15) is 53.9 Å². The summed E-state index contributed by atoms with van der Waals surface area (Å²) in [4.78, 5) is 28.2. The topological polar surface area (TPSA) is 93.4 Å². The maximum absolute atomic E-state index is 13.1. The summed E-state index contributed by atoms with van der Waals surface area (Å²) >= 11 is 0. The monoisotopic (exact) mass is 421 g/mol. The number of imidazole rings is 1. The van der Waals surface area contributed by atoms with Crippen molar-refractivity contribution in [2.45, 2.75) is 37.8 Å². The first-order valence-electron chi connectivity index (χ1n) is 11.0. The van der Waals surface area contributed by atoms with Crippen molar-refractivity contribution in [2.24, 2.45) is 5.92 Å². The van der Waals surface area contributed by atoms with Crippen molar-refractivity contribution in [2.75, 3.05) is 26.3 Å². The minimum absolute atomic E-state index is 0.0270. The van der Waals surface area contributed by atoms with Crippen molar-refractivity contribution in [3.63, 3.8) is 0 Å². The zero-order chi connectivity index (χ0) is 21.2. The van der Waals surface area contributed by atoms with Gasteiger partial charge in [-0.2, -0.15) is 0 Å². The van der Waals surface area contributed by atoms with Crippen molar-refractivity contribution in [1.82, 2.24) is 24.4 Å². The molecule has 3 aromatic rings. The number of rotatable bonds is 4. The van der Waals surface area contributed by atoms with Gasteiger partial charge in [0.05, 0.1) is 23.7 Å². The van der Waals surface area contributed by atoms with E-state index in [1.807, 2.05) is 35.5 Å². The molecule has 2 saturated heterocycles. The van der Waals surface area contributed by atoms with Crippen LogP contribution in [0.25, 0.3) is 11.2 Å². The maximum atomic E-state index is 13.1. The molecular formula is C23H27N5O3. The van der Waals surface area contributed by atoms with Crippen molar-refractivity contribution in [3.8, 4) is 0 Å². The Bertz CT molecular complexity index is 1040. The summed E-state index contributed by atoms with van der Waals surface area (Å²) in [6.45, 7) is 2.74. The maximum Gasteiger partial charge on any atom is 0.255 e. The lowest BCUT2D eigenvalue weighted by Gasteiger charge is -2.34. The van der Waals surface area contributed by atoms with Crippen molar-refractivity contribution < 1.29 is 14.6 Å². The Hall–Kier alpha value is -2.84. The Morgan fingerprint density at radius 2 is 1.90 bits per heavy atom. The molecule has 2 aliphatic heterocycles. The van der Waals surface area contributed by atoms with Crippen LogP contribution in [-0.4, -0.2) is 61.7 Å². The fourth-order valence-corrected chi connectivity index (χ4v) is 4.66. The van der Waals surface area contributed by atoms with Gasteiger partial charge in [0.1, 0.15) is 5.52 Å². The van der Waals surface area contributed by atoms with E-state index in [4.69, 9.17) is 4.74 Å². The first-order valence-corrected chi connectivity index (χ1v) is 11.0. The number of pyridine rings is 2. The number of carbonyl (C=O) groups is 1. The molecule has 162 valence electrons. The van der Waals surface area contributed by atoms with Gasteiger partial charge in [0.25, 0.3) is 5.91 Å². The second-order valence-corrected chi connectivity index (χ2v) is 8.39. The van der Waals surface area contributed by atoms with Crippen LogP contribution in [-0.2, 0) is 4.74 Å². The van der Waals surface area contributed by atoms with Crippen LogP contribution in [0.3, 0.4) is 0 Å². The van der Waals surface area contributed by atoms with E-state index in [1.54, 1.807) is 12.4 Å². The Morgan fingerprint density at radius 1 is 1.10 bits per heavy atom. The minimum Gasteiger partial charge on any atom is -0.387 e. The molecule has 5 rings (SSSR count). The van der Waals surface area contributed by atoms with Crippen molar-refractivity contribution in [3.05, 3.63) is 54.2 Å². The number of fused-ring (bicyclic) bond motifs is 1. The molecule has 8 heteroatoms. The third-order valence-electron chi connectivity index (χ3n) is 6.51. The number of aliphatic hydroxyl groups is 1. The molecule has 3 aromatic heterocycles. The fourth-order valence-electron chi connectivity index (χ4n) is 4.66. The van der Waals surface area contributed by atoms with Gasteiger partial charge in [-0.25, -0.2) is 9.97 Å². The summed E-state index contributed by atoms with van der Waals surface area (Å²) in [5, 5.41) is 10.6. The van der Waals surface area contributed by atoms with Crippen LogP contribution < -0.4 is 0 Å². The largest absolute Gasteiger partial charge is 0.387 e. The Kier molecular flexibility index (Phi) is 5.65. The van der Waals surface area contributed by atoms with Crippen LogP contribution in [0.5, 0.6) is 0 Å². The van der Waals surface area contributed by atoms with Gasteiger partial charge < -0.3 is 19.3 Å². The Morgan fingerprint density at radius 3 is 2.65 bits per heavy atom. The summed E-state index contributed by atoms with van der Waals surface area (Å²) in [6.07, 6.45) is 7.99. The van der Waals surface area contributed by atoms with E-state index in [0.717, 1.165) is 50.1 Å². The summed E-state index contributed by atoms with van der Waals surface area (Å²) in [5.41, 5.74) is 2.83. The normalized spacial score (nSPS) is 19.6. The molecule has 1 unspecified atom stereocenters. The fraction of sp³-hybridized carbons (Fsp3) is 0.478. The molecule has 2 fully saturated rings. The molecule has 0 radical (unpaired) electrons. The summed E-state index contributed by atoms with van der Waals surface area (Å²) in [6, 6.07) is 7.76. The zero-order valence-corrected chi connectivity index (χ0v) is 17.4. The number of aliphatic hydroxyl groups excluding tert-OH is 1. The molecule has 1 atom stereocenters. The van der Waals surface area contributed by atoms with Crippen LogP contribution >= 0.6 is 0 Å². The van der Waals surface area contributed by atoms with Gasteiger partial charge in [0.2, 0.25) is 0 Å². The second-order valence-electron chi connectivity index (χ2n) is 8.39. The average molecular weight is 422 g/mol. The number of carbonyl (C=O) groups excluding carboxylic acids is 1. The van der Waals surface area contributed by atoms with Crippen molar-refractivity contribution in [1.29, 1.82) is 0 Å². The van der Waals surface area contributed by atoms with Gasteiger partial charge in [-0.05, 0) is 49.8 Å². The first kappa shape index (κ1) is 20.1. The second kappa shape index (κ2) is 8.72. The van der Waals surface area contributed by atoms with Gasteiger partial charge in [0.15, 0.2) is 5.65 Å². The molecule has 1 amide bonds. The molecule has 2 aliphatic rings. The van der Waals surface area contributed by atoms with E-state index in [0.29, 0.717) is 30.4 Å². The molecule has 0 bridgehead atoms. The molecule has 8 nitrogen and oxygen atoms in total. The van der Waals surface area contributed by atoms with Gasteiger partial charge in [0, 0.05) is 44.7 Å². The molecule has 5 heterocycles. The molecule has 0 aromatic carbocycles. The zero-order valence-electron chi connectivity index (χ0n) is 17.4. The van der Waals surface area contributed by atoms with E-state index in [9.17, 15) is 9.90 Å². The number of ether oxygens (including phenoxy) is 1. The van der Waals surface area contributed by atoms with Crippen LogP contribution in [0.2, 0.25) is 0 Å². The lowest BCUT2D eigenvalue weighted by Crippen LogP contribution is -2.39. The number of amides is 1. The Balaban J connectivity index is 1.25. The lowest BCUT2D eigenvalue weighted by atomic mass is 9.89. The average Bonchev–Trinajstić information content (AvgIpc) is 3.28. The highest BCUT2D eigenvalue weighted by molar-refractivity contribution is 5.96. The van der Waals surface area contributed by atoms with E-state index in [-0.39, 0.29) is 11.8 Å². The molecule has 0 spiro atoms. The summed E-state index contributed by atoms with van der Waals surface area (Å²) in [7, 11) is 0. The van der Waals surface area contributed by atoms with E-state index >= 15 is 0 Å². The number of piperidine rings is 1. The minimum atomic E-state index is -0.592. The van der Waals surface area contributed by atoms with E-state index in [2.05, 4.69) is 19.5 Å². The van der Waals surface area contributed by atoms with Crippen LogP contribution in [0.4, 0.5) is 0 Å².